The topological polar surface area (TPSA) is 0 Å². The zero-order valence-electron chi connectivity index (χ0n) is 7.26. The predicted molar refractivity (Wildman–Crippen MR) is 47.5 cm³/mol. The van der Waals surface area contributed by atoms with Crippen LogP contribution in [0.3, 0.4) is 0 Å². The van der Waals surface area contributed by atoms with Crippen molar-refractivity contribution in [2.24, 2.45) is 5.92 Å². The Labute approximate surface area is 72.4 Å². The largest absolute Gasteiger partial charge is 0.207 e. The molecule has 64 valence electrons. The summed E-state index contributed by atoms with van der Waals surface area (Å²) in [5.41, 5.74) is 0.921. The minimum Gasteiger partial charge on any atom is -0.207 e. The van der Waals surface area contributed by atoms with Crippen LogP contribution in [0.1, 0.15) is 31.2 Å². The minimum absolute atomic E-state index is 0.0292. The van der Waals surface area contributed by atoms with Crippen LogP contribution in [0.5, 0.6) is 0 Å². The van der Waals surface area contributed by atoms with Crippen molar-refractivity contribution >= 4 is 0 Å². The van der Waals surface area contributed by atoms with Crippen molar-refractivity contribution in [2.75, 3.05) is 0 Å². The van der Waals surface area contributed by atoms with Crippen LogP contribution in [-0.4, -0.2) is 0 Å². The molecule has 0 heterocycles. The van der Waals surface area contributed by atoms with Crippen molar-refractivity contribution < 1.29 is 4.39 Å². The molecule has 1 saturated carbocycles. The molecule has 0 aromatic heterocycles. The summed E-state index contributed by atoms with van der Waals surface area (Å²) < 4.78 is 13.2. The molecule has 1 heteroatoms. The van der Waals surface area contributed by atoms with Crippen molar-refractivity contribution in [1.29, 1.82) is 0 Å². The summed E-state index contributed by atoms with van der Waals surface area (Å²) in [7, 11) is 0. The maximum Gasteiger partial charge on any atom is 0.126 e. The van der Waals surface area contributed by atoms with Gasteiger partial charge in [-0.2, -0.15) is 0 Å². The van der Waals surface area contributed by atoms with Crippen LogP contribution in [0.15, 0.2) is 24.3 Å². The average molecular weight is 164 g/mol. The molecule has 1 aromatic carbocycles. The van der Waals surface area contributed by atoms with E-state index >= 15 is 0 Å². The van der Waals surface area contributed by atoms with Gasteiger partial charge in [-0.05, 0) is 29.9 Å². The number of hydrogen-bond acceptors (Lipinski definition) is 0. The lowest BCUT2D eigenvalue weighted by Crippen LogP contribution is -1.87. The van der Waals surface area contributed by atoms with Gasteiger partial charge >= 0.3 is 0 Å². The highest BCUT2D eigenvalue weighted by atomic mass is 19.1. The number of benzene rings is 1. The monoisotopic (exact) mass is 164 g/mol. The Balaban J connectivity index is 2.19. The molecular weight excluding hydrogens is 151 g/mol. The molecule has 2 rings (SSSR count). The van der Waals surface area contributed by atoms with E-state index in [2.05, 4.69) is 6.92 Å². The van der Waals surface area contributed by atoms with Gasteiger partial charge in [0.25, 0.3) is 0 Å². The molecule has 0 unspecified atom stereocenters. The van der Waals surface area contributed by atoms with E-state index in [1.165, 1.54) is 12.8 Å². The van der Waals surface area contributed by atoms with Gasteiger partial charge in [0, 0.05) is 0 Å². The standard InChI is InChI=1S/C11H13F/c1-2-8-7-10(8)9-5-3-4-6-11(9)12/h3-6,8,10H,2,7H2,1H3/t8-,10-/m0/s1. The smallest absolute Gasteiger partial charge is 0.126 e. The Kier molecular flexibility index (Phi) is 1.87. The number of hydrogen-bond donors (Lipinski definition) is 0. The molecule has 1 aliphatic rings. The molecule has 0 bridgehead atoms. The Hall–Kier alpha value is -0.850. The molecule has 0 spiro atoms. The molecule has 1 fully saturated rings. The summed E-state index contributed by atoms with van der Waals surface area (Å²) in [6, 6.07) is 7.14. The van der Waals surface area contributed by atoms with E-state index in [-0.39, 0.29) is 5.82 Å². The highest BCUT2D eigenvalue weighted by Crippen LogP contribution is 2.49. The molecular formula is C11H13F. The van der Waals surface area contributed by atoms with Gasteiger partial charge in [-0.15, -0.1) is 0 Å². The quantitative estimate of drug-likeness (QED) is 0.629. The van der Waals surface area contributed by atoms with Crippen LogP contribution in [-0.2, 0) is 0 Å². The maximum absolute atomic E-state index is 13.2. The molecule has 0 aliphatic heterocycles. The Morgan fingerprint density at radius 1 is 1.42 bits per heavy atom. The van der Waals surface area contributed by atoms with E-state index in [0.29, 0.717) is 5.92 Å². The first-order chi connectivity index (χ1) is 5.83. The predicted octanol–water partition coefficient (Wildman–Crippen LogP) is 3.34. The van der Waals surface area contributed by atoms with E-state index in [1.807, 2.05) is 12.1 Å². The van der Waals surface area contributed by atoms with E-state index in [0.717, 1.165) is 11.5 Å². The van der Waals surface area contributed by atoms with E-state index in [1.54, 1.807) is 12.1 Å². The van der Waals surface area contributed by atoms with Gasteiger partial charge in [-0.3, -0.25) is 0 Å². The fourth-order valence-electron chi connectivity index (χ4n) is 1.86. The maximum atomic E-state index is 13.2. The van der Waals surface area contributed by atoms with Crippen LogP contribution in [0.4, 0.5) is 4.39 Å². The zero-order chi connectivity index (χ0) is 8.55. The second-order valence-electron chi connectivity index (χ2n) is 3.53. The second kappa shape index (κ2) is 2.89. The third-order valence-electron chi connectivity index (χ3n) is 2.75. The van der Waals surface area contributed by atoms with Crippen molar-refractivity contribution in [3.63, 3.8) is 0 Å². The summed E-state index contributed by atoms with van der Waals surface area (Å²) in [4.78, 5) is 0. The highest BCUT2D eigenvalue weighted by Gasteiger charge is 2.37. The van der Waals surface area contributed by atoms with E-state index in [9.17, 15) is 4.39 Å². The van der Waals surface area contributed by atoms with Gasteiger partial charge in [0.05, 0.1) is 0 Å². The van der Waals surface area contributed by atoms with Crippen LogP contribution in [0.25, 0.3) is 0 Å². The molecule has 2 atom stereocenters. The third kappa shape index (κ3) is 1.24. The summed E-state index contributed by atoms with van der Waals surface area (Å²) in [6.07, 6.45) is 2.36. The summed E-state index contributed by atoms with van der Waals surface area (Å²) in [6.45, 7) is 2.17. The molecule has 0 nitrogen and oxygen atoms in total. The molecule has 1 aliphatic carbocycles. The fraction of sp³-hybridized carbons (Fsp3) is 0.455. The number of rotatable bonds is 2. The summed E-state index contributed by atoms with van der Waals surface area (Å²) in [5.74, 6) is 1.22. The second-order valence-corrected chi connectivity index (χ2v) is 3.53. The van der Waals surface area contributed by atoms with Crippen molar-refractivity contribution in [1.82, 2.24) is 0 Å². The summed E-state index contributed by atoms with van der Waals surface area (Å²) >= 11 is 0. The molecule has 0 radical (unpaired) electrons. The van der Waals surface area contributed by atoms with Crippen molar-refractivity contribution in [3.05, 3.63) is 35.6 Å². The molecule has 0 amide bonds. The lowest BCUT2D eigenvalue weighted by atomic mass is 10.1. The molecule has 1 aromatic rings. The van der Waals surface area contributed by atoms with Crippen molar-refractivity contribution in [2.45, 2.75) is 25.7 Å². The van der Waals surface area contributed by atoms with Crippen molar-refractivity contribution in [3.8, 4) is 0 Å². The third-order valence-corrected chi connectivity index (χ3v) is 2.75. The normalized spacial score (nSPS) is 27.2. The lowest BCUT2D eigenvalue weighted by molar-refractivity contribution is 0.604. The van der Waals surface area contributed by atoms with Crippen LogP contribution in [0.2, 0.25) is 0 Å². The van der Waals surface area contributed by atoms with Crippen LogP contribution >= 0.6 is 0 Å². The number of halogens is 1. The lowest BCUT2D eigenvalue weighted by Gasteiger charge is -1.99. The van der Waals surface area contributed by atoms with Crippen LogP contribution in [0, 0.1) is 11.7 Å². The zero-order valence-corrected chi connectivity index (χ0v) is 7.26. The van der Waals surface area contributed by atoms with Gasteiger partial charge in [-0.1, -0.05) is 31.5 Å². The fourth-order valence-corrected chi connectivity index (χ4v) is 1.86. The first-order valence-electron chi connectivity index (χ1n) is 4.57. The first kappa shape index (κ1) is 7.78. The Bertz CT molecular complexity index is 280. The molecule has 0 saturated heterocycles. The highest BCUT2D eigenvalue weighted by molar-refractivity contribution is 5.27. The molecule has 12 heavy (non-hydrogen) atoms. The Morgan fingerprint density at radius 2 is 2.17 bits per heavy atom. The minimum atomic E-state index is -0.0292. The molecule has 0 N–H and O–H groups in total. The van der Waals surface area contributed by atoms with Gasteiger partial charge in [-0.25, -0.2) is 4.39 Å². The average Bonchev–Trinajstić information content (AvgIpc) is 2.84. The first-order valence-corrected chi connectivity index (χ1v) is 4.57. The van der Waals surface area contributed by atoms with E-state index < -0.39 is 0 Å². The van der Waals surface area contributed by atoms with Gasteiger partial charge < -0.3 is 0 Å². The Morgan fingerprint density at radius 3 is 2.75 bits per heavy atom. The van der Waals surface area contributed by atoms with Gasteiger partial charge in [0.15, 0.2) is 0 Å². The van der Waals surface area contributed by atoms with E-state index in [4.69, 9.17) is 0 Å². The summed E-state index contributed by atoms with van der Waals surface area (Å²) in [5, 5.41) is 0. The van der Waals surface area contributed by atoms with Gasteiger partial charge in [0.1, 0.15) is 5.82 Å². The van der Waals surface area contributed by atoms with Gasteiger partial charge in [0.2, 0.25) is 0 Å². The SMILES string of the molecule is CC[C@H]1C[C@@H]1c1ccccc1F. The van der Waals surface area contributed by atoms with Crippen LogP contribution < -0.4 is 0 Å².